The van der Waals surface area contributed by atoms with E-state index in [-0.39, 0.29) is 11.9 Å². The minimum Gasteiger partial charge on any atom is -0.493 e. The number of thioether (sulfide) groups is 1. The first-order valence-electron chi connectivity index (χ1n) is 6.70. The number of aromatic nitrogens is 2. The van der Waals surface area contributed by atoms with Crippen LogP contribution < -0.4 is 4.74 Å². The van der Waals surface area contributed by atoms with Gasteiger partial charge in [-0.05, 0) is 38.1 Å². The Kier molecular flexibility index (Phi) is 5.25. The molecule has 2 rings (SSSR count). The Morgan fingerprint density at radius 2 is 2.00 bits per heavy atom. The second kappa shape index (κ2) is 6.95. The van der Waals surface area contributed by atoms with Gasteiger partial charge >= 0.3 is 0 Å². The standard InChI is InChI=1S/C15H19FN2O2S/c1-10(2)18-15(14(20-3)8-17-18)13(19)9-21-12-6-4-11(16)5-7-12/h4-8,10,13,19H,9H2,1-3H3. The van der Waals surface area contributed by atoms with E-state index in [1.807, 2.05) is 13.8 Å². The van der Waals surface area contributed by atoms with E-state index in [1.54, 1.807) is 30.1 Å². The first-order valence-corrected chi connectivity index (χ1v) is 7.69. The van der Waals surface area contributed by atoms with Crippen molar-refractivity contribution in [2.24, 2.45) is 0 Å². The average molecular weight is 310 g/mol. The maximum atomic E-state index is 12.9. The molecule has 4 nitrogen and oxygen atoms in total. The molecule has 0 saturated heterocycles. The average Bonchev–Trinajstić information content (AvgIpc) is 2.90. The lowest BCUT2D eigenvalue weighted by Crippen LogP contribution is -2.13. The number of rotatable bonds is 6. The molecular formula is C15H19FN2O2S. The van der Waals surface area contributed by atoms with Crippen LogP contribution in [0.4, 0.5) is 4.39 Å². The second-order valence-electron chi connectivity index (χ2n) is 4.92. The van der Waals surface area contributed by atoms with E-state index in [0.29, 0.717) is 17.2 Å². The third kappa shape index (κ3) is 3.77. The fourth-order valence-corrected chi connectivity index (χ4v) is 2.86. The highest BCUT2D eigenvalue weighted by Gasteiger charge is 2.21. The molecule has 0 radical (unpaired) electrons. The van der Waals surface area contributed by atoms with Gasteiger partial charge in [0.2, 0.25) is 0 Å². The van der Waals surface area contributed by atoms with Crippen molar-refractivity contribution in [3.63, 3.8) is 0 Å². The van der Waals surface area contributed by atoms with Crippen molar-refractivity contribution in [3.8, 4) is 5.75 Å². The third-order valence-corrected chi connectivity index (χ3v) is 4.13. The molecule has 1 aromatic carbocycles. The smallest absolute Gasteiger partial charge is 0.162 e. The first kappa shape index (κ1) is 15.9. The quantitative estimate of drug-likeness (QED) is 0.830. The normalized spacial score (nSPS) is 12.7. The lowest BCUT2D eigenvalue weighted by atomic mass is 10.2. The summed E-state index contributed by atoms with van der Waals surface area (Å²) in [5, 5.41) is 14.7. The van der Waals surface area contributed by atoms with Crippen LogP contribution in [0.15, 0.2) is 35.4 Å². The maximum absolute atomic E-state index is 12.9. The number of ether oxygens (including phenoxy) is 1. The van der Waals surface area contributed by atoms with Crippen molar-refractivity contribution in [2.75, 3.05) is 12.9 Å². The molecule has 0 aliphatic rings. The summed E-state index contributed by atoms with van der Waals surface area (Å²) in [4.78, 5) is 0.907. The van der Waals surface area contributed by atoms with Crippen LogP contribution in [0.25, 0.3) is 0 Å². The highest BCUT2D eigenvalue weighted by Crippen LogP contribution is 2.31. The van der Waals surface area contributed by atoms with Crippen LogP contribution in [-0.2, 0) is 0 Å². The highest BCUT2D eigenvalue weighted by atomic mass is 32.2. The van der Waals surface area contributed by atoms with Gasteiger partial charge in [-0.3, -0.25) is 4.68 Å². The van der Waals surface area contributed by atoms with E-state index >= 15 is 0 Å². The summed E-state index contributed by atoms with van der Waals surface area (Å²) < 4.78 is 19.9. The summed E-state index contributed by atoms with van der Waals surface area (Å²) in [6.07, 6.45) is 0.904. The van der Waals surface area contributed by atoms with Gasteiger partial charge in [0.1, 0.15) is 17.6 Å². The fraction of sp³-hybridized carbons (Fsp3) is 0.400. The Bertz CT molecular complexity index is 584. The number of methoxy groups -OCH3 is 1. The molecule has 0 fully saturated rings. The van der Waals surface area contributed by atoms with E-state index in [0.717, 1.165) is 4.90 Å². The molecule has 114 valence electrons. The fourth-order valence-electron chi connectivity index (χ4n) is 2.03. The van der Waals surface area contributed by atoms with E-state index in [4.69, 9.17) is 4.74 Å². The largest absolute Gasteiger partial charge is 0.493 e. The molecule has 0 amide bonds. The first-order chi connectivity index (χ1) is 10.0. The molecule has 1 aromatic heterocycles. The van der Waals surface area contributed by atoms with Crippen molar-refractivity contribution in [3.05, 3.63) is 42.0 Å². The summed E-state index contributed by atoms with van der Waals surface area (Å²) in [6.45, 7) is 3.99. The van der Waals surface area contributed by atoms with Crippen molar-refractivity contribution in [2.45, 2.75) is 30.9 Å². The van der Waals surface area contributed by atoms with Gasteiger partial charge < -0.3 is 9.84 Å². The van der Waals surface area contributed by atoms with E-state index in [2.05, 4.69) is 5.10 Å². The van der Waals surface area contributed by atoms with Gasteiger partial charge in [0.15, 0.2) is 5.75 Å². The summed E-state index contributed by atoms with van der Waals surface area (Å²) in [6, 6.07) is 6.35. The number of aliphatic hydroxyl groups excluding tert-OH is 1. The summed E-state index contributed by atoms with van der Waals surface area (Å²) in [7, 11) is 1.56. The number of nitrogens with zero attached hydrogens (tertiary/aromatic N) is 2. The number of benzene rings is 1. The van der Waals surface area contributed by atoms with Gasteiger partial charge in [0, 0.05) is 16.7 Å². The molecule has 1 atom stereocenters. The van der Waals surface area contributed by atoms with Crippen LogP contribution in [0, 0.1) is 5.82 Å². The van der Waals surface area contributed by atoms with Gasteiger partial charge in [-0.25, -0.2) is 4.39 Å². The summed E-state index contributed by atoms with van der Waals surface area (Å²) >= 11 is 1.46. The predicted molar refractivity (Wildman–Crippen MR) is 81.2 cm³/mol. The van der Waals surface area contributed by atoms with Crippen LogP contribution in [0.5, 0.6) is 5.75 Å². The molecular weight excluding hydrogens is 291 g/mol. The molecule has 21 heavy (non-hydrogen) atoms. The molecule has 1 heterocycles. The summed E-state index contributed by atoms with van der Waals surface area (Å²) in [5.74, 6) is 0.760. The lowest BCUT2D eigenvalue weighted by Gasteiger charge is -2.17. The lowest BCUT2D eigenvalue weighted by molar-refractivity contribution is 0.184. The molecule has 1 N–H and O–H groups in total. The van der Waals surface area contributed by atoms with Crippen LogP contribution in [0.2, 0.25) is 0 Å². The predicted octanol–water partition coefficient (Wildman–Crippen LogP) is 3.44. The zero-order valence-corrected chi connectivity index (χ0v) is 13.1. The Morgan fingerprint density at radius 3 is 2.57 bits per heavy atom. The van der Waals surface area contributed by atoms with E-state index in [9.17, 15) is 9.50 Å². The van der Waals surface area contributed by atoms with E-state index in [1.165, 1.54) is 23.9 Å². The molecule has 0 aliphatic heterocycles. The molecule has 0 saturated carbocycles. The summed E-state index contributed by atoms with van der Waals surface area (Å²) in [5.41, 5.74) is 0.669. The second-order valence-corrected chi connectivity index (χ2v) is 6.01. The Hall–Kier alpha value is -1.53. The Balaban J connectivity index is 2.11. The number of aliphatic hydroxyl groups is 1. The van der Waals surface area contributed by atoms with E-state index < -0.39 is 6.10 Å². The van der Waals surface area contributed by atoms with Crippen LogP contribution in [-0.4, -0.2) is 27.7 Å². The van der Waals surface area contributed by atoms with Crippen LogP contribution in [0.3, 0.4) is 0 Å². The molecule has 0 spiro atoms. The topological polar surface area (TPSA) is 47.3 Å². The molecule has 2 aromatic rings. The van der Waals surface area contributed by atoms with Gasteiger partial charge in [-0.1, -0.05) is 0 Å². The van der Waals surface area contributed by atoms with Crippen LogP contribution >= 0.6 is 11.8 Å². The van der Waals surface area contributed by atoms with Crippen molar-refractivity contribution in [1.82, 2.24) is 9.78 Å². The van der Waals surface area contributed by atoms with Gasteiger partial charge in [-0.2, -0.15) is 5.10 Å². The Morgan fingerprint density at radius 1 is 1.33 bits per heavy atom. The SMILES string of the molecule is COc1cnn(C(C)C)c1C(O)CSc1ccc(F)cc1. The number of halogens is 1. The molecule has 0 aliphatic carbocycles. The molecule has 6 heteroatoms. The van der Waals surface area contributed by atoms with Crippen LogP contribution in [0.1, 0.15) is 31.7 Å². The van der Waals surface area contributed by atoms with Gasteiger partial charge in [-0.15, -0.1) is 11.8 Å². The zero-order valence-electron chi connectivity index (χ0n) is 12.3. The van der Waals surface area contributed by atoms with Gasteiger partial charge in [0.25, 0.3) is 0 Å². The highest BCUT2D eigenvalue weighted by molar-refractivity contribution is 7.99. The molecule has 1 unspecified atom stereocenters. The third-order valence-electron chi connectivity index (χ3n) is 3.04. The minimum atomic E-state index is -0.708. The van der Waals surface area contributed by atoms with Crippen molar-refractivity contribution >= 4 is 11.8 Å². The maximum Gasteiger partial charge on any atom is 0.162 e. The molecule has 0 bridgehead atoms. The zero-order chi connectivity index (χ0) is 15.4. The Labute approximate surface area is 127 Å². The van der Waals surface area contributed by atoms with Crippen molar-refractivity contribution < 1.29 is 14.2 Å². The van der Waals surface area contributed by atoms with Gasteiger partial charge in [0.05, 0.1) is 13.3 Å². The van der Waals surface area contributed by atoms with Crippen molar-refractivity contribution in [1.29, 1.82) is 0 Å². The number of hydrogen-bond donors (Lipinski definition) is 1. The monoisotopic (exact) mass is 310 g/mol. The number of hydrogen-bond acceptors (Lipinski definition) is 4. The minimum absolute atomic E-state index is 0.134.